The van der Waals surface area contributed by atoms with E-state index in [2.05, 4.69) is 53.8 Å². The summed E-state index contributed by atoms with van der Waals surface area (Å²) in [4.78, 5) is 0. The third-order valence-corrected chi connectivity index (χ3v) is 4.98. The van der Waals surface area contributed by atoms with E-state index >= 15 is 0 Å². The van der Waals surface area contributed by atoms with Gasteiger partial charge in [-0.15, -0.1) is 0 Å². The Kier molecular flexibility index (Phi) is 5.87. The van der Waals surface area contributed by atoms with E-state index in [1.807, 2.05) is 0 Å². The number of benzene rings is 1. The molecule has 3 heteroatoms. The fraction of sp³-hybridized carbons (Fsp3) is 0.550. The van der Waals surface area contributed by atoms with E-state index in [1.165, 1.54) is 31.2 Å². The number of hydrogen-bond donors (Lipinski definition) is 1. The van der Waals surface area contributed by atoms with Crippen LogP contribution in [-0.4, -0.2) is 17.7 Å². The van der Waals surface area contributed by atoms with Crippen molar-refractivity contribution in [2.75, 3.05) is 6.54 Å². The Morgan fingerprint density at radius 3 is 2.87 bits per heavy atom. The van der Waals surface area contributed by atoms with Gasteiger partial charge in [0.15, 0.2) is 0 Å². The third-order valence-electron chi connectivity index (χ3n) is 4.98. The molecule has 1 N–H and O–H groups in total. The van der Waals surface area contributed by atoms with Crippen LogP contribution in [0.3, 0.4) is 0 Å². The van der Waals surface area contributed by atoms with Gasteiger partial charge in [0, 0.05) is 18.5 Å². The molecule has 3 nitrogen and oxygen atoms in total. The van der Waals surface area contributed by atoms with Crippen molar-refractivity contribution in [1.29, 1.82) is 0 Å². The molecule has 1 aliphatic rings. The zero-order chi connectivity index (χ0) is 15.9. The van der Waals surface area contributed by atoms with Crippen molar-refractivity contribution in [1.82, 2.24) is 10.5 Å². The van der Waals surface area contributed by atoms with Crippen LogP contribution in [0.4, 0.5) is 0 Å². The highest BCUT2D eigenvalue weighted by Gasteiger charge is 2.26. The van der Waals surface area contributed by atoms with Crippen LogP contribution < -0.4 is 5.32 Å². The standard InChI is InChI=1S/C20H28N2O/c1-2-18-15-19(23-22-18)11-7-13-21-20-12-6-10-17(20)14-16-8-4-3-5-9-16/h3-5,8-9,15,17,20-21H,2,6-7,10-14H2,1H3/t17-,20-/m0/s1. The Labute approximate surface area is 139 Å². The van der Waals surface area contributed by atoms with Crippen molar-refractivity contribution >= 4 is 0 Å². The van der Waals surface area contributed by atoms with Gasteiger partial charge in [-0.3, -0.25) is 0 Å². The highest BCUT2D eigenvalue weighted by molar-refractivity contribution is 5.16. The predicted molar refractivity (Wildman–Crippen MR) is 93.5 cm³/mol. The van der Waals surface area contributed by atoms with Gasteiger partial charge in [-0.05, 0) is 50.1 Å². The van der Waals surface area contributed by atoms with Crippen molar-refractivity contribution in [2.45, 2.75) is 57.9 Å². The molecule has 124 valence electrons. The van der Waals surface area contributed by atoms with Crippen LogP contribution in [0.25, 0.3) is 0 Å². The predicted octanol–water partition coefficient (Wildman–Crippen LogP) is 4.17. The molecule has 1 heterocycles. The normalized spacial score (nSPS) is 20.9. The SMILES string of the molecule is CCc1cc(CCCN[C@H]2CCC[C@H]2Cc2ccccc2)on1. The van der Waals surface area contributed by atoms with Crippen molar-refractivity contribution in [3.63, 3.8) is 0 Å². The molecule has 2 aromatic rings. The lowest BCUT2D eigenvalue weighted by atomic mass is 9.94. The van der Waals surface area contributed by atoms with E-state index < -0.39 is 0 Å². The van der Waals surface area contributed by atoms with E-state index in [9.17, 15) is 0 Å². The maximum atomic E-state index is 5.35. The fourth-order valence-electron chi connectivity index (χ4n) is 3.66. The topological polar surface area (TPSA) is 38.1 Å². The van der Waals surface area contributed by atoms with Crippen molar-refractivity contribution in [3.8, 4) is 0 Å². The van der Waals surface area contributed by atoms with Gasteiger partial charge >= 0.3 is 0 Å². The van der Waals surface area contributed by atoms with Gasteiger partial charge < -0.3 is 9.84 Å². The van der Waals surface area contributed by atoms with Crippen molar-refractivity contribution < 1.29 is 4.52 Å². The van der Waals surface area contributed by atoms with Crippen LogP contribution in [-0.2, 0) is 19.3 Å². The zero-order valence-corrected chi connectivity index (χ0v) is 14.1. The summed E-state index contributed by atoms with van der Waals surface area (Å²) in [6.07, 6.45) is 8.29. The summed E-state index contributed by atoms with van der Waals surface area (Å²) < 4.78 is 5.35. The zero-order valence-electron chi connectivity index (χ0n) is 14.1. The molecule has 0 spiro atoms. The number of nitrogens with zero attached hydrogens (tertiary/aromatic N) is 1. The fourth-order valence-corrected chi connectivity index (χ4v) is 3.66. The minimum absolute atomic E-state index is 0.677. The summed E-state index contributed by atoms with van der Waals surface area (Å²) in [5.74, 6) is 1.81. The molecule has 3 rings (SSSR count). The van der Waals surface area contributed by atoms with Crippen LogP contribution in [0.1, 0.15) is 49.6 Å². The van der Waals surface area contributed by atoms with Crippen molar-refractivity contribution in [2.24, 2.45) is 5.92 Å². The third kappa shape index (κ3) is 4.68. The minimum Gasteiger partial charge on any atom is -0.361 e. The van der Waals surface area contributed by atoms with Crippen LogP contribution in [0.5, 0.6) is 0 Å². The average molecular weight is 312 g/mol. The van der Waals surface area contributed by atoms with Gasteiger partial charge in [-0.2, -0.15) is 0 Å². The molecule has 1 aliphatic carbocycles. The highest BCUT2D eigenvalue weighted by atomic mass is 16.5. The first-order valence-corrected chi connectivity index (χ1v) is 9.07. The summed E-state index contributed by atoms with van der Waals surface area (Å²) in [6.45, 7) is 3.17. The quantitative estimate of drug-likeness (QED) is 0.743. The number of aromatic nitrogens is 1. The second kappa shape index (κ2) is 8.30. The first-order valence-electron chi connectivity index (χ1n) is 9.07. The number of nitrogens with one attached hydrogen (secondary N) is 1. The van der Waals surface area contributed by atoms with Crippen LogP contribution in [0, 0.1) is 5.92 Å². The molecular formula is C20H28N2O. The largest absolute Gasteiger partial charge is 0.361 e. The van der Waals surface area contributed by atoms with E-state index in [1.54, 1.807) is 0 Å². The Balaban J connectivity index is 1.40. The maximum absolute atomic E-state index is 5.35. The smallest absolute Gasteiger partial charge is 0.137 e. The van der Waals surface area contributed by atoms with Crippen LogP contribution >= 0.6 is 0 Å². The first-order chi connectivity index (χ1) is 11.3. The lowest BCUT2D eigenvalue weighted by Crippen LogP contribution is -2.34. The molecule has 1 aromatic carbocycles. The molecule has 0 amide bonds. The first kappa shape index (κ1) is 16.3. The highest BCUT2D eigenvalue weighted by Crippen LogP contribution is 2.28. The van der Waals surface area contributed by atoms with Gasteiger partial charge in [0.1, 0.15) is 5.76 Å². The summed E-state index contributed by atoms with van der Waals surface area (Å²) in [5.41, 5.74) is 2.53. The maximum Gasteiger partial charge on any atom is 0.137 e. The van der Waals surface area contributed by atoms with Gasteiger partial charge in [0.25, 0.3) is 0 Å². The molecule has 23 heavy (non-hydrogen) atoms. The van der Waals surface area contributed by atoms with Gasteiger partial charge in [-0.25, -0.2) is 0 Å². The number of hydrogen-bond acceptors (Lipinski definition) is 3. The summed E-state index contributed by atoms with van der Waals surface area (Å²) in [7, 11) is 0. The second-order valence-corrected chi connectivity index (χ2v) is 6.68. The van der Waals surface area contributed by atoms with Gasteiger partial charge in [0.05, 0.1) is 5.69 Å². The minimum atomic E-state index is 0.677. The van der Waals surface area contributed by atoms with E-state index in [-0.39, 0.29) is 0 Å². The molecule has 0 saturated heterocycles. The Morgan fingerprint density at radius 2 is 2.09 bits per heavy atom. The van der Waals surface area contributed by atoms with Gasteiger partial charge in [0.2, 0.25) is 0 Å². The van der Waals surface area contributed by atoms with E-state index in [0.717, 1.165) is 43.2 Å². The molecular weight excluding hydrogens is 284 g/mol. The Morgan fingerprint density at radius 1 is 1.22 bits per heavy atom. The lowest BCUT2D eigenvalue weighted by Gasteiger charge is -2.21. The van der Waals surface area contributed by atoms with Crippen LogP contribution in [0.2, 0.25) is 0 Å². The van der Waals surface area contributed by atoms with E-state index in [0.29, 0.717) is 6.04 Å². The molecule has 0 aliphatic heterocycles. The molecule has 0 bridgehead atoms. The molecule has 1 fully saturated rings. The average Bonchev–Trinajstić information content (AvgIpc) is 3.22. The molecule has 1 aromatic heterocycles. The molecule has 2 atom stereocenters. The summed E-state index contributed by atoms with van der Waals surface area (Å²) in [5, 5.41) is 7.84. The van der Waals surface area contributed by atoms with Crippen molar-refractivity contribution in [3.05, 3.63) is 53.4 Å². The monoisotopic (exact) mass is 312 g/mol. The van der Waals surface area contributed by atoms with Crippen LogP contribution in [0.15, 0.2) is 40.9 Å². The summed E-state index contributed by atoms with van der Waals surface area (Å²) >= 11 is 0. The molecule has 1 saturated carbocycles. The lowest BCUT2D eigenvalue weighted by molar-refractivity contribution is 0.365. The van der Waals surface area contributed by atoms with E-state index in [4.69, 9.17) is 4.52 Å². The second-order valence-electron chi connectivity index (χ2n) is 6.68. The summed E-state index contributed by atoms with van der Waals surface area (Å²) in [6, 6.07) is 13.7. The number of aryl methyl sites for hydroxylation is 2. The molecule has 0 radical (unpaired) electrons. The molecule has 0 unspecified atom stereocenters. The Bertz CT molecular complexity index is 578. The Hall–Kier alpha value is -1.61. The van der Waals surface area contributed by atoms with Gasteiger partial charge in [-0.1, -0.05) is 48.8 Å². The number of rotatable bonds is 8.